The first-order valence-electron chi connectivity index (χ1n) is 6.89. The average Bonchev–Trinajstić information content (AvgIpc) is 3.01. The summed E-state index contributed by atoms with van der Waals surface area (Å²) in [5.41, 5.74) is 8.94. The van der Waals surface area contributed by atoms with Crippen LogP contribution in [0.25, 0.3) is 11.0 Å². The van der Waals surface area contributed by atoms with Crippen LogP contribution in [0.1, 0.15) is 51.4 Å². The van der Waals surface area contributed by atoms with Crippen LogP contribution in [-0.2, 0) is 0 Å². The van der Waals surface area contributed by atoms with Crippen molar-refractivity contribution in [3.63, 3.8) is 0 Å². The van der Waals surface area contributed by atoms with Gasteiger partial charge in [-0.15, -0.1) is 0 Å². The zero-order chi connectivity index (χ0) is 12.9. The molecular formula is C15H21N3. The molecule has 2 atom stereocenters. The fraction of sp³-hybridized carbons (Fsp3) is 0.533. The van der Waals surface area contributed by atoms with Gasteiger partial charge in [0.05, 0.1) is 11.0 Å². The number of fused-ring (bicyclic) bond motifs is 1. The number of anilines is 1. The number of nitrogens with two attached hydrogens (primary N) is 1. The molecule has 0 spiro atoms. The lowest BCUT2D eigenvalue weighted by Gasteiger charge is -2.11. The van der Waals surface area contributed by atoms with Gasteiger partial charge in [0.15, 0.2) is 0 Å². The summed E-state index contributed by atoms with van der Waals surface area (Å²) < 4.78 is 2.45. The second-order valence-corrected chi connectivity index (χ2v) is 5.71. The third-order valence-corrected chi connectivity index (χ3v) is 4.00. The Kier molecular flexibility index (Phi) is 2.58. The maximum Gasteiger partial charge on any atom is 0.112 e. The number of nitrogens with zero attached hydrogens (tertiary/aromatic N) is 2. The predicted octanol–water partition coefficient (Wildman–Crippen LogP) is 3.71. The van der Waals surface area contributed by atoms with E-state index in [4.69, 9.17) is 10.7 Å². The van der Waals surface area contributed by atoms with Crippen molar-refractivity contribution in [2.45, 2.75) is 45.6 Å². The molecule has 18 heavy (non-hydrogen) atoms. The summed E-state index contributed by atoms with van der Waals surface area (Å²) in [7, 11) is 0. The Morgan fingerprint density at radius 2 is 2.22 bits per heavy atom. The number of rotatable bonds is 3. The van der Waals surface area contributed by atoms with Crippen molar-refractivity contribution >= 4 is 16.7 Å². The molecule has 0 amide bonds. The van der Waals surface area contributed by atoms with Crippen LogP contribution in [0.3, 0.4) is 0 Å². The number of benzene rings is 1. The van der Waals surface area contributed by atoms with Crippen LogP contribution in [0.4, 0.5) is 5.69 Å². The van der Waals surface area contributed by atoms with Gasteiger partial charge in [-0.25, -0.2) is 4.98 Å². The third-order valence-electron chi connectivity index (χ3n) is 4.00. The van der Waals surface area contributed by atoms with E-state index in [0.29, 0.717) is 12.0 Å². The monoisotopic (exact) mass is 243 g/mol. The second-order valence-electron chi connectivity index (χ2n) is 5.71. The number of hydrogen-bond acceptors (Lipinski definition) is 2. The quantitative estimate of drug-likeness (QED) is 0.835. The van der Waals surface area contributed by atoms with Gasteiger partial charge in [0, 0.05) is 17.6 Å². The lowest BCUT2D eigenvalue weighted by molar-refractivity contribution is 0.602. The van der Waals surface area contributed by atoms with Gasteiger partial charge in [-0.05, 0) is 30.5 Å². The van der Waals surface area contributed by atoms with E-state index < -0.39 is 0 Å². The molecule has 1 aromatic heterocycles. The van der Waals surface area contributed by atoms with Crippen molar-refractivity contribution in [3.05, 3.63) is 24.0 Å². The van der Waals surface area contributed by atoms with Crippen molar-refractivity contribution in [3.8, 4) is 0 Å². The van der Waals surface area contributed by atoms with E-state index in [-0.39, 0.29) is 0 Å². The molecule has 2 unspecified atom stereocenters. The van der Waals surface area contributed by atoms with E-state index in [9.17, 15) is 0 Å². The van der Waals surface area contributed by atoms with Gasteiger partial charge in [-0.2, -0.15) is 0 Å². The summed E-state index contributed by atoms with van der Waals surface area (Å²) >= 11 is 0. The molecule has 1 fully saturated rings. The van der Waals surface area contributed by atoms with Gasteiger partial charge in [0.2, 0.25) is 0 Å². The first-order valence-corrected chi connectivity index (χ1v) is 6.89. The maximum absolute atomic E-state index is 5.86. The third kappa shape index (κ3) is 1.69. The first-order chi connectivity index (χ1) is 8.61. The Balaban J connectivity index is 2.17. The summed E-state index contributed by atoms with van der Waals surface area (Å²) in [6.45, 7) is 6.70. The van der Waals surface area contributed by atoms with Crippen LogP contribution < -0.4 is 5.73 Å². The summed E-state index contributed by atoms with van der Waals surface area (Å²) in [6.07, 6.45) is 2.56. The second kappa shape index (κ2) is 4.01. The minimum absolute atomic E-state index is 0.455. The molecule has 3 rings (SSSR count). The van der Waals surface area contributed by atoms with E-state index in [1.165, 1.54) is 24.2 Å². The lowest BCUT2D eigenvalue weighted by Crippen LogP contribution is -2.04. The van der Waals surface area contributed by atoms with E-state index >= 15 is 0 Å². The Morgan fingerprint density at radius 1 is 1.44 bits per heavy atom. The lowest BCUT2D eigenvalue weighted by atomic mass is 10.2. The van der Waals surface area contributed by atoms with Crippen LogP contribution in [0.2, 0.25) is 0 Å². The predicted molar refractivity (Wildman–Crippen MR) is 75.7 cm³/mol. The molecule has 3 nitrogen and oxygen atoms in total. The summed E-state index contributed by atoms with van der Waals surface area (Å²) in [6, 6.07) is 6.74. The zero-order valence-corrected chi connectivity index (χ0v) is 11.4. The number of nitrogen functional groups attached to an aromatic ring is 1. The summed E-state index contributed by atoms with van der Waals surface area (Å²) in [5.74, 6) is 2.49. The normalized spacial score (nSPS) is 22.9. The van der Waals surface area contributed by atoms with Crippen LogP contribution >= 0.6 is 0 Å². The molecule has 1 heterocycles. The highest BCUT2D eigenvalue weighted by molar-refractivity contribution is 5.80. The van der Waals surface area contributed by atoms with Crippen LogP contribution in [0.5, 0.6) is 0 Å². The van der Waals surface area contributed by atoms with Crippen molar-refractivity contribution < 1.29 is 0 Å². The molecule has 1 aromatic carbocycles. The van der Waals surface area contributed by atoms with Gasteiger partial charge in [0.1, 0.15) is 5.82 Å². The molecule has 96 valence electrons. The molecule has 2 N–H and O–H groups in total. The average molecular weight is 243 g/mol. The van der Waals surface area contributed by atoms with E-state index in [1.807, 2.05) is 12.1 Å². The number of aromatic nitrogens is 2. The number of hydrogen-bond donors (Lipinski definition) is 1. The highest BCUT2D eigenvalue weighted by atomic mass is 15.1. The van der Waals surface area contributed by atoms with Crippen LogP contribution in [-0.4, -0.2) is 9.55 Å². The van der Waals surface area contributed by atoms with Gasteiger partial charge >= 0.3 is 0 Å². The molecule has 0 saturated heterocycles. The standard InChI is InChI=1S/C15H21N3/c1-4-10-7-14(10)18-13-6-5-11(16)8-12(13)17-15(18)9(2)3/h5-6,8-10,14H,4,7,16H2,1-3H3. The molecule has 1 saturated carbocycles. The fourth-order valence-corrected chi connectivity index (χ4v) is 2.88. The minimum Gasteiger partial charge on any atom is -0.399 e. The SMILES string of the molecule is CCC1CC1n1c(C(C)C)nc2cc(N)ccc21. The molecule has 2 aromatic rings. The van der Waals surface area contributed by atoms with Crippen molar-refractivity contribution in [1.29, 1.82) is 0 Å². The highest BCUT2D eigenvalue weighted by Crippen LogP contribution is 2.48. The first kappa shape index (κ1) is 11.6. The van der Waals surface area contributed by atoms with E-state index in [0.717, 1.165) is 17.1 Å². The van der Waals surface area contributed by atoms with Crippen molar-refractivity contribution in [1.82, 2.24) is 9.55 Å². The van der Waals surface area contributed by atoms with Crippen LogP contribution in [0, 0.1) is 5.92 Å². The maximum atomic E-state index is 5.86. The van der Waals surface area contributed by atoms with Gasteiger partial charge in [0.25, 0.3) is 0 Å². The van der Waals surface area contributed by atoms with Crippen molar-refractivity contribution in [2.24, 2.45) is 5.92 Å². The smallest absolute Gasteiger partial charge is 0.112 e. The molecule has 3 heteroatoms. The van der Waals surface area contributed by atoms with E-state index in [2.05, 4.69) is 31.4 Å². The molecule has 0 aliphatic heterocycles. The molecule has 0 radical (unpaired) electrons. The van der Waals surface area contributed by atoms with Crippen molar-refractivity contribution in [2.75, 3.05) is 5.73 Å². The Bertz CT molecular complexity index is 583. The molecule has 0 bridgehead atoms. The van der Waals surface area contributed by atoms with Gasteiger partial charge < -0.3 is 10.3 Å². The zero-order valence-electron chi connectivity index (χ0n) is 11.4. The summed E-state index contributed by atoms with van der Waals surface area (Å²) in [5, 5.41) is 0. The highest BCUT2D eigenvalue weighted by Gasteiger charge is 2.39. The Morgan fingerprint density at radius 3 is 2.83 bits per heavy atom. The minimum atomic E-state index is 0.455. The largest absolute Gasteiger partial charge is 0.399 e. The fourth-order valence-electron chi connectivity index (χ4n) is 2.88. The molecule has 1 aliphatic carbocycles. The Labute approximate surface area is 108 Å². The Hall–Kier alpha value is -1.51. The van der Waals surface area contributed by atoms with E-state index in [1.54, 1.807) is 0 Å². The number of imidazole rings is 1. The topological polar surface area (TPSA) is 43.8 Å². The molecule has 1 aliphatic rings. The van der Waals surface area contributed by atoms with Gasteiger partial charge in [-0.3, -0.25) is 0 Å². The summed E-state index contributed by atoms with van der Waals surface area (Å²) in [4.78, 5) is 4.79. The van der Waals surface area contributed by atoms with Gasteiger partial charge in [-0.1, -0.05) is 27.2 Å². The van der Waals surface area contributed by atoms with Crippen LogP contribution in [0.15, 0.2) is 18.2 Å². The molecular weight excluding hydrogens is 222 g/mol.